The van der Waals surface area contributed by atoms with Gasteiger partial charge in [-0.1, -0.05) is 24.3 Å². The summed E-state index contributed by atoms with van der Waals surface area (Å²) in [6.45, 7) is 0. The molecule has 0 radical (unpaired) electrons. The van der Waals surface area contributed by atoms with Crippen LogP contribution < -0.4 is 11.2 Å². The van der Waals surface area contributed by atoms with E-state index in [1.165, 1.54) is 0 Å². The summed E-state index contributed by atoms with van der Waals surface area (Å²) in [5, 5.41) is 12.4. The summed E-state index contributed by atoms with van der Waals surface area (Å²) >= 11 is 0. The Kier molecular flexibility index (Phi) is 1.79. The molecule has 3 nitrogen and oxygen atoms in total. The number of nitrogens with one attached hydrogen (secondary N) is 1. The molecule has 0 aliphatic heterocycles. The van der Waals surface area contributed by atoms with Gasteiger partial charge in [0.25, 0.3) is 0 Å². The number of fused-ring (bicyclic) bond motifs is 1. The molecule has 0 aliphatic carbocycles. The van der Waals surface area contributed by atoms with Gasteiger partial charge in [0.1, 0.15) is 0 Å². The first-order chi connectivity index (χ1) is 6.33. The molecule has 0 aliphatic rings. The number of hydrogen-bond acceptors (Lipinski definition) is 3. The van der Waals surface area contributed by atoms with Gasteiger partial charge in [0.2, 0.25) is 0 Å². The predicted octanol–water partition coefficient (Wildman–Crippen LogP) is 2.33. The van der Waals surface area contributed by atoms with E-state index in [-0.39, 0.29) is 0 Å². The number of nitrogen functional groups attached to an aromatic ring is 1. The van der Waals surface area contributed by atoms with Crippen LogP contribution in [0, 0.1) is 5.21 Å². The first-order valence-corrected chi connectivity index (χ1v) is 3.98. The van der Waals surface area contributed by atoms with Crippen molar-refractivity contribution in [3.05, 3.63) is 41.6 Å². The molecule has 2 aromatic rings. The van der Waals surface area contributed by atoms with E-state index in [2.05, 4.69) is 0 Å². The van der Waals surface area contributed by atoms with E-state index >= 15 is 0 Å². The van der Waals surface area contributed by atoms with E-state index in [0.29, 0.717) is 11.4 Å². The molecule has 2 aromatic carbocycles. The van der Waals surface area contributed by atoms with E-state index in [9.17, 15) is 5.21 Å². The van der Waals surface area contributed by atoms with Crippen LogP contribution in [0.4, 0.5) is 11.4 Å². The Morgan fingerprint density at radius 2 is 1.77 bits per heavy atom. The second-order valence-corrected chi connectivity index (χ2v) is 2.85. The zero-order valence-corrected chi connectivity index (χ0v) is 6.95. The molecular formula is C10H9N2O-. The minimum atomic E-state index is 0.524. The highest BCUT2D eigenvalue weighted by atomic mass is 16.5. The van der Waals surface area contributed by atoms with Gasteiger partial charge in [0.15, 0.2) is 0 Å². The Morgan fingerprint density at radius 3 is 2.46 bits per heavy atom. The summed E-state index contributed by atoms with van der Waals surface area (Å²) in [4.78, 5) is 0. The van der Waals surface area contributed by atoms with Crippen molar-refractivity contribution in [2.24, 2.45) is 0 Å². The summed E-state index contributed by atoms with van der Waals surface area (Å²) in [5.74, 6) is 0. The van der Waals surface area contributed by atoms with Crippen LogP contribution in [0.25, 0.3) is 10.8 Å². The Balaban J connectivity index is 2.87. The lowest BCUT2D eigenvalue weighted by molar-refractivity contribution is 1.64. The van der Waals surface area contributed by atoms with Gasteiger partial charge in [0, 0.05) is 16.8 Å². The van der Waals surface area contributed by atoms with Crippen LogP contribution in [0.3, 0.4) is 0 Å². The summed E-state index contributed by atoms with van der Waals surface area (Å²) in [6, 6.07) is 11.0. The SMILES string of the molecule is Nc1cccc2cccc(N[O-])c12. The van der Waals surface area contributed by atoms with Gasteiger partial charge in [0.05, 0.1) is 0 Å². The van der Waals surface area contributed by atoms with Crippen LogP contribution in [-0.2, 0) is 0 Å². The van der Waals surface area contributed by atoms with Gasteiger partial charge in [-0.3, -0.25) is 0 Å². The molecule has 0 aromatic heterocycles. The average Bonchev–Trinajstić information content (AvgIpc) is 2.17. The zero-order valence-electron chi connectivity index (χ0n) is 6.95. The molecule has 3 N–H and O–H groups in total. The van der Waals surface area contributed by atoms with Gasteiger partial charge < -0.3 is 16.4 Å². The number of benzene rings is 2. The van der Waals surface area contributed by atoms with Crippen LogP contribution in [0.5, 0.6) is 0 Å². The first kappa shape index (κ1) is 7.89. The van der Waals surface area contributed by atoms with Crippen molar-refractivity contribution < 1.29 is 0 Å². The topological polar surface area (TPSA) is 61.1 Å². The number of rotatable bonds is 1. The summed E-state index contributed by atoms with van der Waals surface area (Å²) < 4.78 is 0. The molecule has 0 bridgehead atoms. The Hall–Kier alpha value is -1.74. The second kappa shape index (κ2) is 2.95. The number of anilines is 2. The smallest absolute Gasteiger partial charge is 0.0414 e. The van der Waals surface area contributed by atoms with Gasteiger partial charge >= 0.3 is 0 Å². The van der Waals surface area contributed by atoms with E-state index in [4.69, 9.17) is 5.73 Å². The van der Waals surface area contributed by atoms with E-state index in [0.717, 1.165) is 10.8 Å². The van der Waals surface area contributed by atoms with Crippen molar-refractivity contribution in [2.75, 3.05) is 11.2 Å². The fourth-order valence-corrected chi connectivity index (χ4v) is 1.46. The highest BCUT2D eigenvalue weighted by molar-refractivity contribution is 6.02. The van der Waals surface area contributed by atoms with E-state index in [1.807, 2.05) is 29.7 Å². The van der Waals surface area contributed by atoms with Crippen molar-refractivity contribution in [3.8, 4) is 0 Å². The van der Waals surface area contributed by atoms with Crippen LogP contribution in [0.2, 0.25) is 0 Å². The van der Waals surface area contributed by atoms with Crippen LogP contribution in [-0.4, -0.2) is 0 Å². The molecule has 0 saturated carbocycles. The first-order valence-electron chi connectivity index (χ1n) is 3.98. The molecule has 0 saturated heterocycles. The van der Waals surface area contributed by atoms with Crippen molar-refractivity contribution >= 4 is 22.1 Å². The van der Waals surface area contributed by atoms with Crippen molar-refractivity contribution in [2.45, 2.75) is 0 Å². The van der Waals surface area contributed by atoms with Gasteiger partial charge in [-0.05, 0) is 17.5 Å². The average molecular weight is 173 g/mol. The molecule has 0 spiro atoms. The fourth-order valence-electron chi connectivity index (χ4n) is 1.46. The maximum atomic E-state index is 10.6. The molecule has 0 atom stereocenters. The van der Waals surface area contributed by atoms with Crippen molar-refractivity contribution in [1.29, 1.82) is 0 Å². The van der Waals surface area contributed by atoms with Crippen molar-refractivity contribution in [3.63, 3.8) is 0 Å². The molecule has 0 fully saturated rings. The Bertz CT molecular complexity index is 435. The van der Waals surface area contributed by atoms with Gasteiger partial charge in [-0.2, -0.15) is 0 Å². The lowest BCUT2D eigenvalue weighted by Gasteiger charge is -2.13. The third-order valence-electron chi connectivity index (χ3n) is 2.05. The minimum Gasteiger partial charge on any atom is -0.761 e. The summed E-state index contributed by atoms with van der Waals surface area (Å²) in [6.07, 6.45) is 0. The van der Waals surface area contributed by atoms with E-state index < -0.39 is 0 Å². The van der Waals surface area contributed by atoms with Gasteiger partial charge in [-0.15, -0.1) is 0 Å². The maximum Gasteiger partial charge on any atom is 0.0414 e. The second-order valence-electron chi connectivity index (χ2n) is 2.85. The monoisotopic (exact) mass is 173 g/mol. The molecule has 66 valence electrons. The van der Waals surface area contributed by atoms with Crippen molar-refractivity contribution in [1.82, 2.24) is 0 Å². The fraction of sp³-hybridized carbons (Fsp3) is 0. The Morgan fingerprint density at radius 1 is 1.08 bits per heavy atom. The normalized spacial score (nSPS) is 10.2. The third-order valence-corrected chi connectivity index (χ3v) is 2.05. The van der Waals surface area contributed by atoms with E-state index in [1.54, 1.807) is 12.1 Å². The molecule has 0 unspecified atom stereocenters. The highest BCUT2D eigenvalue weighted by Gasteiger charge is 1.99. The van der Waals surface area contributed by atoms with Gasteiger partial charge in [-0.25, -0.2) is 0 Å². The van der Waals surface area contributed by atoms with Crippen LogP contribution in [0.1, 0.15) is 0 Å². The lowest BCUT2D eigenvalue weighted by Crippen LogP contribution is -1.91. The quantitative estimate of drug-likeness (QED) is 0.514. The molecule has 3 heteroatoms. The summed E-state index contributed by atoms with van der Waals surface area (Å²) in [5.41, 5.74) is 8.78. The molecule has 0 heterocycles. The van der Waals surface area contributed by atoms with Crippen LogP contribution >= 0.6 is 0 Å². The molecular weight excluding hydrogens is 164 g/mol. The minimum absolute atomic E-state index is 0.524. The highest BCUT2D eigenvalue weighted by Crippen LogP contribution is 2.28. The Labute approximate surface area is 75.8 Å². The largest absolute Gasteiger partial charge is 0.761 e. The standard InChI is InChI=1S/C10H9N2O/c11-8-5-1-3-7-4-2-6-9(12-13)10(7)8/h1-6,12H,11H2/q-1. The lowest BCUT2D eigenvalue weighted by atomic mass is 10.1. The molecule has 2 rings (SSSR count). The maximum absolute atomic E-state index is 10.6. The summed E-state index contributed by atoms with van der Waals surface area (Å²) in [7, 11) is 0. The van der Waals surface area contributed by atoms with Crippen LogP contribution in [0.15, 0.2) is 36.4 Å². The number of hydrogen-bond donors (Lipinski definition) is 2. The predicted molar refractivity (Wildman–Crippen MR) is 55.4 cm³/mol. The molecule has 13 heavy (non-hydrogen) atoms. The third kappa shape index (κ3) is 1.19. The number of nitrogens with two attached hydrogens (primary N) is 1. The zero-order chi connectivity index (χ0) is 9.26. The molecule has 0 amide bonds.